The highest BCUT2D eigenvalue weighted by Crippen LogP contribution is 2.61. The van der Waals surface area contributed by atoms with Gasteiger partial charge >= 0.3 is 5.97 Å². The Bertz CT molecular complexity index is 829. The van der Waals surface area contributed by atoms with Crippen molar-refractivity contribution in [3.63, 3.8) is 0 Å². The number of hydrogen-bond acceptors (Lipinski definition) is 5. The Morgan fingerprint density at radius 1 is 1.19 bits per heavy atom. The summed E-state index contributed by atoms with van der Waals surface area (Å²) in [5.74, 6) is 2.28. The molecule has 2 aliphatic rings. The van der Waals surface area contributed by atoms with E-state index in [1.54, 1.807) is 7.11 Å². The lowest BCUT2D eigenvalue weighted by Gasteiger charge is -2.27. The molecular weight excluding hydrogens is 344 g/mol. The molecule has 2 aromatic carbocycles. The van der Waals surface area contributed by atoms with Gasteiger partial charge in [0.2, 0.25) is 0 Å². The molecule has 1 fully saturated rings. The van der Waals surface area contributed by atoms with E-state index in [4.69, 9.17) is 18.9 Å². The maximum Gasteiger partial charge on any atom is 0.309 e. The fourth-order valence-electron chi connectivity index (χ4n) is 3.91. The topological polar surface area (TPSA) is 54.0 Å². The van der Waals surface area contributed by atoms with E-state index >= 15 is 0 Å². The molecule has 5 nitrogen and oxygen atoms in total. The predicted octanol–water partition coefficient (Wildman–Crippen LogP) is 3.88. The molecule has 4 rings (SSSR count). The number of methoxy groups -OCH3 is 1. The number of esters is 1. The summed E-state index contributed by atoms with van der Waals surface area (Å²) >= 11 is 0. The lowest BCUT2D eigenvalue weighted by Crippen LogP contribution is -2.25. The van der Waals surface area contributed by atoms with Gasteiger partial charge in [-0.3, -0.25) is 4.79 Å². The third kappa shape index (κ3) is 3.34. The number of benzene rings is 2. The highest BCUT2D eigenvalue weighted by molar-refractivity contribution is 5.80. The van der Waals surface area contributed by atoms with E-state index in [1.807, 2.05) is 49.4 Å². The molecule has 0 saturated heterocycles. The van der Waals surface area contributed by atoms with E-state index in [1.165, 1.54) is 0 Å². The second kappa shape index (κ2) is 7.14. The van der Waals surface area contributed by atoms with Gasteiger partial charge in [-0.2, -0.15) is 0 Å². The first-order chi connectivity index (χ1) is 13.2. The molecule has 0 N–H and O–H groups in total. The largest absolute Gasteiger partial charge is 0.497 e. The molecule has 2 aromatic rings. The van der Waals surface area contributed by atoms with Gasteiger partial charge in [0.15, 0.2) is 0 Å². The van der Waals surface area contributed by atoms with Crippen LogP contribution in [0, 0.1) is 5.92 Å². The van der Waals surface area contributed by atoms with Gasteiger partial charge in [-0.25, -0.2) is 0 Å². The Labute approximate surface area is 159 Å². The number of carbonyl (C=O) groups is 1. The third-order valence-corrected chi connectivity index (χ3v) is 5.50. The summed E-state index contributed by atoms with van der Waals surface area (Å²) in [6.07, 6.45) is 1.66. The summed E-state index contributed by atoms with van der Waals surface area (Å²) in [6.45, 7) is 3.36. The minimum Gasteiger partial charge on any atom is -0.497 e. The molecule has 2 atom stereocenters. The normalized spacial score (nSPS) is 22.5. The van der Waals surface area contributed by atoms with Crippen LogP contribution in [0.5, 0.6) is 17.2 Å². The molecule has 0 amide bonds. The number of fused-ring (bicyclic) bond motifs is 2. The number of ether oxygens (including phenoxy) is 4. The second-order valence-electron chi connectivity index (χ2n) is 7.06. The molecule has 27 heavy (non-hydrogen) atoms. The fourth-order valence-corrected chi connectivity index (χ4v) is 3.91. The van der Waals surface area contributed by atoms with Crippen molar-refractivity contribution in [2.45, 2.75) is 31.8 Å². The smallest absolute Gasteiger partial charge is 0.309 e. The molecule has 0 radical (unpaired) electrons. The molecule has 5 heteroatoms. The van der Waals surface area contributed by atoms with Gasteiger partial charge in [-0.1, -0.05) is 12.1 Å². The van der Waals surface area contributed by atoms with Crippen LogP contribution in [0.4, 0.5) is 0 Å². The van der Waals surface area contributed by atoms with Crippen LogP contribution < -0.4 is 14.2 Å². The van der Waals surface area contributed by atoms with E-state index in [2.05, 4.69) is 0 Å². The number of hydrogen-bond donors (Lipinski definition) is 0. The summed E-state index contributed by atoms with van der Waals surface area (Å²) in [5.41, 5.74) is 1.98. The molecule has 142 valence electrons. The Morgan fingerprint density at radius 2 is 1.96 bits per heavy atom. The third-order valence-electron chi connectivity index (χ3n) is 5.50. The van der Waals surface area contributed by atoms with Crippen molar-refractivity contribution in [2.24, 2.45) is 5.92 Å². The minimum atomic E-state index is -0.153. The summed E-state index contributed by atoms with van der Waals surface area (Å²) in [5, 5.41) is 0. The van der Waals surface area contributed by atoms with Crippen LogP contribution in [0.25, 0.3) is 0 Å². The van der Waals surface area contributed by atoms with Gasteiger partial charge in [0.25, 0.3) is 0 Å². The van der Waals surface area contributed by atoms with Gasteiger partial charge in [0.05, 0.1) is 26.2 Å². The molecule has 1 heterocycles. The molecule has 0 aromatic heterocycles. The summed E-state index contributed by atoms with van der Waals surface area (Å²) in [7, 11) is 1.65. The van der Waals surface area contributed by atoms with Crippen molar-refractivity contribution in [1.29, 1.82) is 0 Å². The van der Waals surface area contributed by atoms with Crippen molar-refractivity contribution in [3.8, 4) is 17.2 Å². The van der Waals surface area contributed by atoms with Crippen LogP contribution in [-0.2, 0) is 21.6 Å². The molecule has 2 unspecified atom stereocenters. The van der Waals surface area contributed by atoms with E-state index < -0.39 is 0 Å². The highest BCUT2D eigenvalue weighted by atomic mass is 16.5. The maximum atomic E-state index is 12.2. The van der Waals surface area contributed by atoms with Crippen molar-refractivity contribution >= 4 is 5.97 Å². The van der Waals surface area contributed by atoms with Gasteiger partial charge in [0.1, 0.15) is 23.9 Å². The second-order valence-corrected chi connectivity index (χ2v) is 7.06. The zero-order chi connectivity index (χ0) is 18.9. The van der Waals surface area contributed by atoms with Crippen LogP contribution in [0.15, 0.2) is 42.5 Å². The molecule has 1 spiro atoms. The first kappa shape index (κ1) is 17.7. The van der Waals surface area contributed by atoms with E-state index in [-0.39, 0.29) is 17.3 Å². The summed E-state index contributed by atoms with van der Waals surface area (Å²) in [4.78, 5) is 12.2. The molecule has 1 aliphatic heterocycles. The lowest BCUT2D eigenvalue weighted by atomic mass is 9.87. The van der Waals surface area contributed by atoms with Crippen molar-refractivity contribution in [1.82, 2.24) is 0 Å². The van der Waals surface area contributed by atoms with Crippen LogP contribution in [0.2, 0.25) is 0 Å². The van der Waals surface area contributed by atoms with Crippen molar-refractivity contribution in [2.75, 3.05) is 20.3 Å². The zero-order valence-electron chi connectivity index (χ0n) is 15.7. The fraction of sp³-hybridized carbons (Fsp3) is 0.409. The van der Waals surface area contributed by atoms with Gasteiger partial charge < -0.3 is 18.9 Å². The average Bonchev–Trinajstić information content (AvgIpc) is 3.42. The Kier molecular flexibility index (Phi) is 4.68. The lowest BCUT2D eigenvalue weighted by molar-refractivity contribution is -0.145. The molecule has 0 bridgehead atoms. The molecule has 1 saturated carbocycles. The Balaban J connectivity index is 1.50. The van der Waals surface area contributed by atoms with Gasteiger partial charge in [-0.05, 0) is 55.7 Å². The predicted molar refractivity (Wildman–Crippen MR) is 100 cm³/mol. The quantitative estimate of drug-likeness (QED) is 0.725. The van der Waals surface area contributed by atoms with Crippen molar-refractivity contribution < 1.29 is 23.7 Å². The standard InChI is InChI=1S/C22H24O5/c1-3-25-21(23)19-13-22(19)10-11-26-20-9-8-17(12-18(20)22)27-14-15-4-6-16(24-2)7-5-15/h4-9,12,19H,3,10-11,13-14H2,1-2H3. The van der Waals surface area contributed by atoms with Crippen LogP contribution >= 0.6 is 0 Å². The van der Waals surface area contributed by atoms with Gasteiger partial charge in [-0.15, -0.1) is 0 Å². The minimum absolute atomic E-state index is 0.0723. The summed E-state index contributed by atoms with van der Waals surface area (Å²) in [6, 6.07) is 13.7. The first-order valence-corrected chi connectivity index (χ1v) is 9.36. The van der Waals surface area contributed by atoms with Crippen LogP contribution in [0.3, 0.4) is 0 Å². The zero-order valence-corrected chi connectivity index (χ0v) is 15.7. The highest BCUT2D eigenvalue weighted by Gasteiger charge is 2.62. The Morgan fingerprint density at radius 3 is 2.70 bits per heavy atom. The number of rotatable bonds is 6. The monoisotopic (exact) mass is 368 g/mol. The van der Waals surface area contributed by atoms with Crippen molar-refractivity contribution in [3.05, 3.63) is 53.6 Å². The van der Waals surface area contributed by atoms with Gasteiger partial charge in [0, 0.05) is 11.0 Å². The summed E-state index contributed by atoms with van der Waals surface area (Å²) < 4.78 is 22.2. The molecular formula is C22H24O5. The average molecular weight is 368 g/mol. The Hall–Kier alpha value is -2.69. The van der Waals surface area contributed by atoms with E-state index in [0.29, 0.717) is 19.8 Å². The van der Waals surface area contributed by atoms with Crippen LogP contribution in [0.1, 0.15) is 30.9 Å². The number of carbonyl (C=O) groups excluding carboxylic acids is 1. The maximum absolute atomic E-state index is 12.2. The van der Waals surface area contributed by atoms with E-state index in [9.17, 15) is 4.79 Å². The molecule has 1 aliphatic carbocycles. The van der Waals surface area contributed by atoms with E-state index in [0.717, 1.165) is 41.2 Å². The first-order valence-electron chi connectivity index (χ1n) is 9.36. The van der Waals surface area contributed by atoms with Crippen LogP contribution in [-0.4, -0.2) is 26.3 Å². The SMILES string of the molecule is CCOC(=O)C1CC12CCOc1ccc(OCc3ccc(OC)cc3)cc12.